The highest BCUT2D eigenvalue weighted by Crippen LogP contribution is 2.44. The van der Waals surface area contributed by atoms with Crippen molar-refractivity contribution in [2.75, 3.05) is 25.0 Å². The maximum atomic E-state index is 16.5. The van der Waals surface area contributed by atoms with Crippen molar-refractivity contribution >= 4 is 34.1 Å². The van der Waals surface area contributed by atoms with E-state index in [0.717, 1.165) is 25.9 Å². The van der Waals surface area contributed by atoms with Crippen LogP contribution in [-0.2, 0) is 20.2 Å². The van der Waals surface area contributed by atoms with Gasteiger partial charge in [0.1, 0.15) is 30.6 Å². The Morgan fingerprint density at radius 2 is 1.69 bits per heavy atom. The van der Waals surface area contributed by atoms with E-state index in [0.29, 0.717) is 13.0 Å². The Morgan fingerprint density at radius 1 is 1.04 bits per heavy atom. The first-order chi connectivity index (χ1) is 20.8. The molecule has 1 saturated heterocycles. The van der Waals surface area contributed by atoms with Crippen LogP contribution in [0.15, 0.2) is 24.8 Å². The smallest absolute Gasteiger partial charge is 0.244 e. The van der Waals surface area contributed by atoms with Crippen LogP contribution in [0.25, 0.3) is 0 Å². The van der Waals surface area contributed by atoms with E-state index in [1.54, 1.807) is 12.3 Å². The molecule has 45 heavy (non-hydrogen) atoms. The van der Waals surface area contributed by atoms with Crippen molar-refractivity contribution in [2.24, 2.45) is 5.92 Å². The molecule has 4 rings (SSSR count). The van der Waals surface area contributed by atoms with Gasteiger partial charge in [0.05, 0.1) is 17.7 Å². The lowest BCUT2D eigenvalue weighted by Gasteiger charge is -2.41. The molecule has 10 nitrogen and oxygen atoms in total. The Kier molecular flexibility index (Phi) is 10.5. The standard InChI is InChI=1S/C32H53FN6O4Si2/c1-31(2,3)44(7,8)42-20-22-17-25(27(33)29(22)43-45(9,10)32(4,5)6)36-30-23(18-34-21-35-30)28(41)24-13-16-39(37-24)19-26(40)38-14-11-12-15-38/h13,16,18,21-22,25,27,29H,11-12,14-15,17,19-20H2,1-10H3,(H,34,35,36)/t22-,25-,27-,29-/m1/s1. The lowest BCUT2D eigenvalue weighted by molar-refractivity contribution is -0.130. The summed E-state index contributed by atoms with van der Waals surface area (Å²) < 4.78 is 31.3. The number of nitrogens with zero attached hydrogens (tertiary/aromatic N) is 5. The predicted molar refractivity (Wildman–Crippen MR) is 179 cm³/mol. The summed E-state index contributed by atoms with van der Waals surface area (Å²) in [5.74, 6) is -0.324. The quantitative estimate of drug-likeness (QED) is 0.228. The van der Waals surface area contributed by atoms with Gasteiger partial charge >= 0.3 is 0 Å². The number of amides is 1. The zero-order valence-electron chi connectivity index (χ0n) is 28.8. The molecule has 2 aromatic heterocycles. The average molecular weight is 661 g/mol. The van der Waals surface area contributed by atoms with Crippen molar-refractivity contribution in [1.29, 1.82) is 0 Å². The molecule has 1 saturated carbocycles. The molecule has 0 unspecified atom stereocenters. The van der Waals surface area contributed by atoms with Crippen LogP contribution in [0, 0.1) is 5.92 Å². The summed E-state index contributed by atoms with van der Waals surface area (Å²) in [6, 6.07) is 0.950. The normalized spacial score (nSPS) is 23.0. The maximum Gasteiger partial charge on any atom is 0.244 e. The molecular weight excluding hydrogens is 608 g/mol. The zero-order valence-corrected chi connectivity index (χ0v) is 30.8. The lowest BCUT2D eigenvalue weighted by Crippen LogP contribution is -2.49. The van der Waals surface area contributed by atoms with E-state index in [9.17, 15) is 9.59 Å². The van der Waals surface area contributed by atoms with Gasteiger partial charge in [0.2, 0.25) is 11.7 Å². The summed E-state index contributed by atoms with van der Waals surface area (Å²) >= 11 is 0. The Labute approximate surface area is 270 Å². The number of nitrogens with one attached hydrogen (secondary N) is 1. The molecule has 2 fully saturated rings. The fourth-order valence-electron chi connectivity index (χ4n) is 5.29. The number of anilines is 1. The number of hydrogen-bond donors (Lipinski definition) is 1. The van der Waals surface area contributed by atoms with Crippen LogP contribution in [0.3, 0.4) is 0 Å². The molecule has 0 aromatic carbocycles. The average Bonchev–Trinajstić information content (AvgIpc) is 3.69. The van der Waals surface area contributed by atoms with Crippen molar-refractivity contribution in [3.63, 3.8) is 0 Å². The first kappa shape index (κ1) is 35.4. The molecular formula is C32H53FN6O4Si2. The third kappa shape index (κ3) is 8.09. The van der Waals surface area contributed by atoms with Crippen LogP contribution in [0.5, 0.6) is 0 Å². The molecule has 4 atom stereocenters. The van der Waals surface area contributed by atoms with Crippen molar-refractivity contribution in [3.8, 4) is 0 Å². The molecule has 0 bridgehead atoms. The second-order valence-electron chi connectivity index (χ2n) is 15.7. The van der Waals surface area contributed by atoms with Crippen LogP contribution >= 0.6 is 0 Å². The minimum atomic E-state index is -2.31. The molecule has 3 heterocycles. The van der Waals surface area contributed by atoms with Crippen molar-refractivity contribution in [3.05, 3.63) is 36.0 Å². The molecule has 1 N–H and O–H groups in total. The van der Waals surface area contributed by atoms with Gasteiger partial charge in [0.25, 0.3) is 0 Å². The summed E-state index contributed by atoms with van der Waals surface area (Å²) in [7, 11) is -4.39. The van der Waals surface area contributed by atoms with E-state index >= 15 is 4.39 Å². The number of halogens is 1. The van der Waals surface area contributed by atoms with Crippen LogP contribution in [-0.4, -0.2) is 91.0 Å². The molecule has 1 aliphatic carbocycles. The summed E-state index contributed by atoms with van der Waals surface area (Å²) in [4.78, 5) is 36.4. The maximum absolute atomic E-state index is 16.5. The molecule has 2 aliphatic rings. The highest BCUT2D eigenvalue weighted by molar-refractivity contribution is 6.74. The molecule has 0 radical (unpaired) electrons. The van der Waals surface area contributed by atoms with Gasteiger partial charge < -0.3 is 19.1 Å². The number of likely N-dealkylation sites (tertiary alicyclic amines) is 1. The number of carbonyl (C=O) groups is 2. The van der Waals surface area contributed by atoms with E-state index in [1.165, 1.54) is 17.2 Å². The molecule has 0 spiro atoms. The van der Waals surface area contributed by atoms with Crippen LogP contribution in [0.1, 0.15) is 76.9 Å². The van der Waals surface area contributed by atoms with Gasteiger partial charge in [-0.3, -0.25) is 14.3 Å². The Balaban J connectivity index is 1.53. The van der Waals surface area contributed by atoms with E-state index in [1.807, 2.05) is 4.90 Å². The molecule has 13 heteroatoms. The van der Waals surface area contributed by atoms with Gasteiger partial charge in [-0.1, -0.05) is 41.5 Å². The number of carbonyl (C=O) groups excluding carboxylic acids is 2. The fraction of sp³-hybridized carbons (Fsp3) is 0.719. The first-order valence-corrected chi connectivity index (χ1v) is 22.0. The van der Waals surface area contributed by atoms with Gasteiger partial charge in [0.15, 0.2) is 16.6 Å². The van der Waals surface area contributed by atoms with E-state index in [4.69, 9.17) is 8.85 Å². The van der Waals surface area contributed by atoms with E-state index in [2.05, 4.69) is 88.1 Å². The number of aromatic nitrogens is 4. The first-order valence-electron chi connectivity index (χ1n) is 16.2. The third-order valence-corrected chi connectivity index (χ3v) is 19.3. The summed E-state index contributed by atoms with van der Waals surface area (Å²) in [6.45, 7) is 23.7. The summed E-state index contributed by atoms with van der Waals surface area (Å²) in [5, 5.41) is 7.56. The SMILES string of the molecule is CC(C)(C)[Si](C)(C)OC[C@H]1C[C@@H](Nc2ncncc2C(=O)c2ccn(CC(=O)N3CCCC3)n2)[C@@H](F)[C@@H]1O[Si](C)(C)C(C)(C)C. The van der Waals surface area contributed by atoms with Crippen LogP contribution in [0.4, 0.5) is 10.2 Å². The Morgan fingerprint density at radius 3 is 2.31 bits per heavy atom. The van der Waals surface area contributed by atoms with Crippen LogP contribution < -0.4 is 5.32 Å². The van der Waals surface area contributed by atoms with Gasteiger partial charge in [-0.15, -0.1) is 0 Å². The van der Waals surface area contributed by atoms with Crippen molar-refractivity contribution in [2.45, 2.75) is 122 Å². The number of ketones is 1. The number of hydrogen-bond acceptors (Lipinski definition) is 8. The molecule has 250 valence electrons. The minimum absolute atomic E-state index is 0.0169. The Hall–Kier alpha value is -2.49. The topological polar surface area (TPSA) is 111 Å². The Bertz CT molecular complexity index is 1350. The highest BCUT2D eigenvalue weighted by atomic mass is 28.4. The zero-order chi connectivity index (χ0) is 33.4. The minimum Gasteiger partial charge on any atom is -0.416 e. The highest BCUT2D eigenvalue weighted by Gasteiger charge is 2.51. The second kappa shape index (κ2) is 13.3. The van der Waals surface area contributed by atoms with Crippen LogP contribution in [0.2, 0.25) is 36.3 Å². The second-order valence-corrected chi connectivity index (χ2v) is 25.3. The fourth-order valence-corrected chi connectivity index (χ4v) is 7.71. The molecule has 2 aromatic rings. The number of alkyl halides is 1. The monoisotopic (exact) mass is 660 g/mol. The van der Waals surface area contributed by atoms with Gasteiger partial charge in [-0.2, -0.15) is 5.10 Å². The van der Waals surface area contributed by atoms with Gasteiger partial charge in [-0.25, -0.2) is 14.4 Å². The molecule has 1 aliphatic heterocycles. The number of rotatable bonds is 11. The van der Waals surface area contributed by atoms with Gasteiger partial charge in [-0.05, 0) is 61.6 Å². The van der Waals surface area contributed by atoms with E-state index < -0.39 is 40.7 Å². The van der Waals surface area contributed by atoms with Crippen molar-refractivity contribution < 1.29 is 22.8 Å². The summed E-state index contributed by atoms with van der Waals surface area (Å²) in [6.07, 6.45) is 4.91. The van der Waals surface area contributed by atoms with Crippen molar-refractivity contribution in [1.82, 2.24) is 24.6 Å². The molecule has 1 amide bonds. The van der Waals surface area contributed by atoms with E-state index in [-0.39, 0.29) is 45.5 Å². The van der Waals surface area contributed by atoms with Gasteiger partial charge in [0, 0.05) is 38.0 Å². The predicted octanol–water partition coefficient (Wildman–Crippen LogP) is 6.08. The lowest BCUT2D eigenvalue weighted by atomic mass is 10.1. The third-order valence-electron chi connectivity index (χ3n) is 10.3. The summed E-state index contributed by atoms with van der Waals surface area (Å²) in [5.41, 5.74) is 0.369. The largest absolute Gasteiger partial charge is 0.416 e.